The molecule has 0 aliphatic carbocycles. The van der Waals surface area contributed by atoms with Gasteiger partial charge in [-0.3, -0.25) is 52.7 Å². The summed E-state index contributed by atoms with van der Waals surface area (Å²) in [5.74, 6) is -12.6. The van der Waals surface area contributed by atoms with E-state index in [-0.39, 0.29) is 17.7 Å². The summed E-state index contributed by atoms with van der Waals surface area (Å²) in [6, 6.07) is -8.51. The number of rotatable bonds is 22. The first-order chi connectivity index (χ1) is 34.1. The number of nitrogens with two attached hydrogens (primary N) is 3. The number of phenolic OH excluding ortho intramolecular Hbond substituents is 1. The van der Waals surface area contributed by atoms with E-state index in [9.17, 15) is 73.2 Å². The van der Waals surface area contributed by atoms with Gasteiger partial charge in [-0.25, -0.2) is 0 Å². The fourth-order valence-corrected chi connectivity index (χ4v) is 7.56. The standard InChI is InChI=1S/C46H73N11O15/c1-3-4-5-6-7-8-9-10-11-12-27-20-38(65)51-33(23-58)44(70)52-29(17-18-35(47)62)40(66)54-31(21-36(48)63)42(68)53-30(19-26-13-15-28(61)16-14-26)41(67)55-32(22-37(49)64)43(69)56-34(24-59)45(71)57-39(25(2)60)46(72)50-27/h13-16,25,27,29-34,39,58-61H,3-12,17-24H2,1-2H3,(H2,47,62)(H2,48,63)(H2,49,64)(H,50,72)(H,51,65)(H,52,70)(H,53,68)(H,54,66)(H,55,67)(H,56,69)(H,57,71)/t25-,27?,29+,30-,31+,32+,33-,34-,39+/m1/s1. The van der Waals surface area contributed by atoms with Crippen LogP contribution < -0.4 is 59.7 Å². The molecule has 1 fully saturated rings. The second kappa shape index (κ2) is 32.1. The topological polar surface area (TPSA) is 443 Å². The van der Waals surface area contributed by atoms with Gasteiger partial charge in [-0.05, 0) is 37.5 Å². The van der Waals surface area contributed by atoms with Gasteiger partial charge in [0.15, 0.2) is 0 Å². The Hall–Kier alpha value is -6.93. The van der Waals surface area contributed by atoms with Crippen LogP contribution in [0.4, 0.5) is 0 Å². The van der Waals surface area contributed by atoms with E-state index in [0.29, 0.717) is 12.8 Å². The van der Waals surface area contributed by atoms with E-state index in [4.69, 9.17) is 17.2 Å². The maximum absolute atomic E-state index is 14.0. The van der Waals surface area contributed by atoms with Gasteiger partial charge >= 0.3 is 0 Å². The molecule has 1 aliphatic rings. The van der Waals surface area contributed by atoms with Crippen LogP contribution in [0.5, 0.6) is 5.75 Å². The minimum absolute atomic E-state index is 0.180. The van der Waals surface area contributed by atoms with Crippen molar-refractivity contribution in [3.63, 3.8) is 0 Å². The highest BCUT2D eigenvalue weighted by atomic mass is 16.3. The van der Waals surface area contributed by atoms with Crippen molar-refractivity contribution in [3.8, 4) is 5.75 Å². The molecule has 1 aromatic rings. The number of hydrogen-bond donors (Lipinski definition) is 15. The first kappa shape index (κ1) is 61.2. The van der Waals surface area contributed by atoms with E-state index in [1.807, 2.05) is 0 Å². The quantitative estimate of drug-likeness (QED) is 0.0487. The van der Waals surface area contributed by atoms with E-state index < -0.39 is 171 Å². The molecular weight excluding hydrogens is 947 g/mol. The zero-order chi connectivity index (χ0) is 53.9. The second-order valence-corrected chi connectivity index (χ2v) is 17.8. The van der Waals surface area contributed by atoms with Crippen molar-refractivity contribution in [1.82, 2.24) is 42.5 Å². The lowest BCUT2D eigenvalue weighted by atomic mass is 10.0. The Kier molecular flexibility index (Phi) is 27.3. The van der Waals surface area contributed by atoms with E-state index in [1.54, 1.807) is 0 Å². The zero-order valence-corrected chi connectivity index (χ0v) is 40.7. The van der Waals surface area contributed by atoms with Crippen LogP contribution in [0.2, 0.25) is 0 Å². The van der Waals surface area contributed by atoms with Gasteiger partial charge in [-0.15, -0.1) is 0 Å². The van der Waals surface area contributed by atoms with Crippen LogP contribution in [0.25, 0.3) is 0 Å². The summed E-state index contributed by atoms with van der Waals surface area (Å²) in [7, 11) is 0. The van der Waals surface area contributed by atoms with Gasteiger partial charge in [0, 0.05) is 25.3 Å². The van der Waals surface area contributed by atoms with E-state index in [1.165, 1.54) is 24.3 Å². The molecule has 11 amide bonds. The molecule has 0 saturated carbocycles. The van der Waals surface area contributed by atoms with Gasteiger partial charge in [-0.2, -0.15) is 0 Å². The highest BCUT2D eigenvalue weighted by Gasteiger charge is 2.36. The maximum Gasteiger partial charge on any atom is 0.245 e. The van der Waals surface area contributed by atoms with Crippen LogP contribution in [-0.4, -0.2) is 153 Å². The Morgan fingerprint density at radius 2 is 0.972 bits per heavy atom. The third-order valence-electron chi connectivity index (χ3n) is 11.5. The Morgan fingerprint density at radius 3 is 1.47 bits per heavy atom. The lowest BCUT2D eigenvalue weighted by molar-refractivity contribution is -0.137. The molecule has 26 heteroatoms. The zero-order valence-electron chi connectivity index (χ0n) is 40.7. The van der Waals surface area contributed by atoms with Gasteiger partial charge in [0.05, 0.1) is 32.2 Å². The lowest BCUT2D eigenvalue weighted by Gasteiger charge is -2.28. The van der Waals surface area contributed by atoms with Crippen molar-refractivity contribution >= 4 is 65.0 Å². The number of phenols is 1. The number of carbonyl (C=O) groups is 11. The summed E-state index contributed by atoms with van der Waals surface area (Å²) in [6.07, 6.45) is 3.20. The first-order valence-electron chi connectivity index (χ1n) is 24.0. The Labute approximate surface area is 416 Å². The Bertz CT molecular complexity index is 2020. The van der Waals surface area contributed by atoms with Crippen LogP contribution in [0.3, 0.4) is 0 Å². The fraction of sp³-hybridized carbons (Fsp3) is 0.630. The van der Waals surface area contributed by atoms with Crippen molar-refractivity contribution < 1.29 is 73.2 Å². The van der Waals surface area contributed by atoms with E-state index in [0.717, 1.165) is 51.9 Å². The second-order valence-electron chi connectivity index (χ2n) is 17.8. The molecular formula is C46H73N11O15. The summed E-state index contributed by atoms with van der Waals surface area (Å²) in [5.41, 5.74) is 16.4. The molecule has 1 saturated heterocycles. The van der Waals surface area contributed by atoms with Crippen LogP contribution in [-0.2, 0) is 59.2 Å². The number of aliphatic hydroxyl groups excluding tert-OH is 3. The van der Waals surface area contributed by atoms with Gasteiger partial charge in [0.2, 0.25) is 65.0 Å². The lowest BCUT2D eigenvalue weighted by Crippen LogP contribution is -2.62. The SMILES string of the molecule is CCCCCCCCCCCC1CC(=O)N[C@H](CO)C(=O)N[C@@H](CCC(N)=O)C(=O)N[C@@H](CC(N)=O)C(=O)N[C@H](Cc2ccc(O)cc2)C(=O)N[C@@H](CC(N)=O)C(=O)N[C@H](CO)C(=O)N[C@@H]([C@@H](C)O)C(=O)N1. The van der Waals surface area contributed by atoms with Crippen LogP contribution >= 0.6 is 0 Å². The predicted octanol–water partition coefficient (Wildman–Crippen LogP) is -4.48. The third-order valence-corrected chi connectivity index (χ3v) is 11.5. The number of amides is 11. The summed E-state index contributed by atoms with van der Waals surface area (Å²) in [5, 5.41) is 59.5. The summed E-state index contributed by atoms with van der Waals surface area (Å²) < 4.78 is 0. The molecule has 0 aromatic heterocycles. The molecule has 0 spiro atoms. The molecule has 1 heterocycles. The summed E-state index contributed by atoms with van der Waals surface area (Å²) in [4.78, 5) is 146. The minimum atomic E-state index is -1.91. The fourth-order valence-electron chi connectivity index (χ4n) is 7.56. The smallest absolute Gasteiger partial charge is 0.245 e. The monoisotopic (exact) mass is 1020 g/mol. The van der Waals surface area contributed by atoms with Crippen molar-refractivity contribution in [2.45, 2.75) is 171 Å². The average Bonchev–Trinajstić information content (AvgIpc) is 3.31. The highest BCUT2D eigenvalue weighted by Crippen LogP contribution is 2.15. The Morgan fingerprint density at radius 1 is 0.542 bits per heavy atom. The van der Waals surface area contributed by atoms with Gasteiger partial charge in [0.1, 0.15) is 48.0 Å². The van der Waals surface area contributed by atoms with Crippen molar-refractivity contribution in [1.29, 1.82) is 0 Å². The summed E-state index contributed by atoms with van der Waals surface area (Å²) >= 11 is 0. The number of primary amides is 3. The van der Waals surface area contributed by atoms with Crippen LogP contribution in [0, 0.1) is 0 Å². The van der Waals surface area contributed by atoms with Gasteiger partial charge in [-0.1, -0.05) is 76.8 Å². The van der Waals surface area contributed by atoms with Gasteiger partial charge in [0.25, 0.3) is 0 Å². The van der Waals surface area contributed by atoms with Crippen molar-refractivity contribution in [2.24, 2.45) is 17.2 Å². The molecule has 1 aliphatic heterocycles. The Balaban J connectivity index is 2.69. The molecule has 2 rings (SSSR count). The minimum Gasteiger partial charge on any atom is -0.508 e. The number of nitrogens with one attached hydrogen (secondary N) is 8. The maximum atomic E-state index is 14.0. The van der Waals surface area contributed by atoms with Crippen molar-refractivity contribution in [2.75, 3.05) is 13.2 Å². The predicted molar refractivity (Wildman–Crippen MR) is 256 cm³/mol. The molecule has 1 unspecified atom stereocenters. The number of carbonyl (C=O) groups excluding carboxylic acids is 11. The number of unbranched alkanes of at least 4 members (excludes halogenated alkanes) is 8. The molecule has 402 valence electrons. The molecule has 9 atom stereocenters. The third kappa shape index (κ3) is 22.9. The molecule has 26 nitrogen and oxygen atoms in total. The normalized spacial score (nSPS) is 24.0. The number of aromatic hydroxyl groups is 1. The molecule has 1 aromatic carbocycles. The van der Waals surface area contributed by atoms with E-state index in [2.05, 4.69) is 49.5 Å². The molecule has 72 heavy (non-hydrogen) atoms. The van der Waals surface area contributed by atoms with Crippen LogP contribution in [0.15, 0.2) is 24.3 Å². The summed E-state index contributed by atoms with van der Waals surface area (Å²) in [6.45, 7) is 1.11. The molecule has 0 bridgehead atoms. The molecule has 0 radical (unpaired) electrons. The number of benzene rings is 1. The number of aliphatic hydroxyl groups is 3. The van der Waals surface area contributed by atoms with Gasteiger partial charge < -0.3 is 80.2 Å². The highest BCUT2D eigenvalue weighted by molar-refractivity contribution is 6.00. The van der Waals surface area contributed by atoms with Crippen LogP contribution in [0.1, 0.15) is 116 Å². The first-order valence-corrected chi connectivity index (χ1v) is 24.0. The van der Waals surface area contributed by atoms with E-state index >= 15 is 0 Å². The average molecular weight is 1020 g/mol. The van der Waals surface area contributed by atoms with Crippen molar-refractivity contribution in [3.05, 3.63) is 29.8 Å². The number of hydrogen-bond acceptors (Lipinski definition) is 15. The largest absolute Gasteiger partial charge is 0.508 e. The molecule has 18 N–H and O–H groups in total.